The lowest BCUT2D eigenvalue weighted by Gasteiger charge is -2.24. The monoisotopic (exact) mass is 270 g/mol. The molecule has 2 rings (SSSR count). The van der Waals surface area contributed by atoms with Crippen molar-refractivity contribution in [1.29, 1.82) is 0 Å². The number of rotatable bonds is 5. The van der Waals surface area contributed by atoms with Crippen molar-refractivity contribution in [3.63, 3.8) is 0 Å². The first kappa shape index (κ1) is 14.3. The predicted molar refractivity (Wildman–Crippen MR) is 85.9 cm³/mol. The van der Waals surface area contributed by atoms with Crippen LogP contribution in [0.2, 0.25) is 0 Å². The Morgan fingerprint density at radius 1 is 1.05 bits per heavy atom. The molecule has 0 aliphatic carbocycles. The van der Waals surface area contributed by atoms with Gasteiger partial charge in [0.15, 0.2) is 0 Å². The molecule has 0 unspecified atom stereocenters. The van der Waals surface area contributed by atoms with E-state index in [0.29, 0.717) is 12.3 Å². The van der Waals surface area contributed by atoms with E-state index in [1.807, 2.05) is 37.4 Å². The smallest absolute Gasteiger partial charge is 0.144 e. The Kier molecular flexibility index (Phi) is 4.51. The maximum absolute atomic E-state index is 6.25. The van der Waals surface area contributed by atoms with Gasteiger partial charge in [0.25, 0.3) is 0 Å². The maximum atomic E-state index is 6.25. The van der Waals surface area contributed by atoms with Crippen LogP contribution in [0.3, 0.4) is 0 Å². The molecule has 106 valence electrons. The molecule has 0 spiro atoms. The van der Waals surface area contributed by atoms with Gasteiger partial charge in [-0.1, -0.05) is 31.2 Å². The lowest BCUT2D eigenvalue weighted by molar-refractivity contribution is 0.319. The van der Waals surface area contributed by atoms with Gasteiger partial charge in [-0.25, -0.2) is 0 Å². The third-order valence-electron chi connectivity index (χ3n) is 3.34. The number of benzene rings is 2. The van der Waals surface area contributed by atoms with E-state index in [4.69, 9.17) is 10.5 Å². The van der Waals surface area contributed by atoms with Crippen LogP contribution in [0.1, 0.15) is 18.9 Å². The number of aryl methyl sites for hydroxylation is 1. The van der Waals surface area contributed by atoms with Crippen LogP contribution in [0.4, 0.5) is 17.1 Å². The van der Waals surface area contributed by atoms with Gasteiger partial charge in [0.2, 0.25) is 0 Å². The van der Waals surface area contributed by atoms with Crippen molar-refractivity contribution in [3.05, 3.63) is 48.0 Å². The summed E-state index contributed by atoms with van der Waals surface area (Å²) in [7, 11) is 2.03. The van der Waals surface area contributed by atoms with E-state index in [-0.39, 0.29) is 0 Å². The lowest BCUT2D eigenvalue weighted by Crippen LogP contribution is -2.13. The van der Waals surface area contributed by atoms with E-state index in [9.17, 15) is 0 Å². The fraction of sp³-hybridized carbons (Fsp3) is 0.294. The highest BCUT2D eigenvalue weighted by Gasteiger charge is 2.12. The van der Waals surface area contributed by atoms with Gasteiger partial charge in [-0.2, -0.15) is 0 Å². The molecule has 0 heterocycles. The van der Waals surface area contributed by atoms with Crippen LogP contribution in [-0.2, 0) is 0 Å². The van der Waals surface area contributed by atoms with Gasteiger partial charge in [-0.15, -0.1) is 0 Å². The summed E-state index contributed by atoms with van der Waals surface area (Å²) in [5, 5.41) is 0. The minimum atomic E-state index is 0.682. The van der Waals surface area contributed by atoms with Crippen LogP contribution < -0.4 is 15.4 Å². The number of hydrogen-bond donors (Lipinski definition) is 1. The highest BCUT2D eigenvalue weighted by Crippen LogP contribution is 2.36. The molecule has 2 N–H and O–H groups in total. The molecule has 0 saturated heterocycles. The molecule has 20 heavy (non-hydrogen) atoms. The Morgan fingerprint density at radius 2 is 1.75 bits per heavy atom. The van der Waals surface area contributed by atoms with Crippen molar-refractivity contribution in [2.75, 3.05) is 24.3 Å². The van der Waals surface area contributed by atoms with Gasteiger partial charge in [-0.3, -0.25) is 0 Å². The summed E-state index contributed by atoms with van der Waals surface area (Å²) in [6.45, 7) is 4.86. The van der Waals surface area contributed by atoms with E-state index >= 15 is 0 Å². The minimum absolute atomic E-state index is 0.682. The molecule has 0 aromatic heterocycles. The minimum Gasteiger partial charge on any atom is -0.491 e. The van der Waals surface area contributed by atoms with Crippen LogP contribution in [0.25, 0.3) is 0 Å². The molecular formula is C17H22N2O. The Morgan fingerprint density at radius 3 is 2.45 bits per heavy atom. The van der Waals surface area contributed by atoms with E-state index in [1.54, 1.807) is 0 Å². The summed E-state index contributed by atoms with van der Waals surface area (Å²) in [6.07, 6.45) is 0.970. The third-order valence-corrected chi connectivity index (χ3v) is 3.34. The molecular weight excluding hydrogens is 248 g/mol. The van der Waals surface area contributed by atoms with Crippen LogP contribution in [0.5, 0.6) is 5.75 Å². The first-order chi connectivity index (χ1) is 9.65. The quantitative estimate of drug-likeness (QED) is 0.830. The Bertz CT molecular complexity index is 581. The summed E-state index contributed by atoms with van der Waals surface area (Å²) in [5.41, 5.74) is 10.3. The number of hydrogen-bond acceptors (Lipinski definition) is 3. The highest BCUT2D eigenvalue weighted by molar-refractivity contribution is 5.79. The average molecular weight is 270 g/mol. The summed E-state index contributed by atoms with van der Waals surface area (Å²) < 4.78 is 5.69. The average Bonchev–Trinajstić information content (AvgIpc) is 2.46. The van der Waals surface area contributed by atoms with Gasteiger partial charge in [-0.05, 0) is 37.1 Å². The Balaban J connectivity index is 2.35. The van der Waals surface area contributed by atoms with Crippen LogP contribution in [0, 0.1) is 6.92 Å². The van der Waals surface area contributed by atoms with Crippen molar-refractivity contribution in [2.24, 2.45) is 0 Å². The van der Waals surface area contributed by atoms with E-state index in [2.05, 4.69) is 30.9 Å². The first-order valence-corrected chi connectivity index (χ1v) is 6.95. The molecule has 0 bridgehead atoms. The van der Waals surface area contributed by atoms with E-state index in [1.165, 1.54) is 5.56 Å². The number of nitrogen functional groups attached to an aromatic ring is 1. The van der Waals surface area contributed by atoms with E-state index < -0.39 is 0 Å². The fourth-order valence-corrected chi connectivity index (χ4v) is 2.23. The molecule has 2 aromatic rings. The lowest BCUT2D eigenvalue weighted by atomic mass is 10.1. The molecule has 0 fully saturated rings. The predicted octanol–water partition coefficient (Wildman–Crippen LogP) is 4.13. The van der Waals surface area contributed by atoms with Crippen LogP contribution in [-0.4, -0.2) is 13.7 Å². The highest BCUT2D eigenvalue weighted by atomic mass is 16.5. The van der Waals surface area contributed by atoms with Crippen LogP contribution >= 0.6 is 0 Å². The molecule has 2 aromatic carbocycles. The summed E-state index contributed by atoms with van der Waals surface area (Å²) in [6, 6.07) is 14.2. The third kappa shape index (κ3) is 2.87. The number of anilines is 3. The summed E-state index contributed by atoms with van der Waals surface area (Å²) >= 11 is 0. The second kappa shape index (κ2) is 6.33. The zero-order valence-corrected chi connectivity index (χ0v) is 12.4. The van der Waals surface area contributed by atoms with Gasteiger partial charge >= 0.3 is 0 Å². The second-order valence-electron chi connectivity index (χ2n) is 4.88. The van der Waals surface area contributed by atoms with Crippen LogP contribution in [0.15, 0.2) is 42.5 Å². The second-order valence-corrected chi connectivity index (χ2v) is 4.88. The van der Waals surface area contributed by atoms with Crippen molar-refractivity contribution in [2.45, 2.75) is 20.3 Å². The van der Waals surface area contributed by atoms with Crippen molar-refractivity contribution < 1.29 is 4.74 Å². The van der Waals surface area contributed by atoms with E-state index in [0.717, 1.165) is 23.5 Å². The van der Waals surface area contributed by atoms with Crippen molar-refractivity contribution >= 4 is 17.1 Å². The molecule has 0 saturated carbocycles. The normalized spacial score (nSPS) is 10.3. The molecule has 0 aliphatic rings. The standard InChI is InChI=1S/C17H22N2O/c1-4-12-20-16-11-7-10-15(17(16)18)19(3)14-9-6-5-8-13(14)2/h5-11H,4,12,18H2,1-3H3. The first-order valence-electron chi connectivity index (χ1n) is 6.95. The van der Waals surface area contributed by atoms with Gasteiger partial charge in [0, 0.05) is 12.7 Å². The zero-order valence-electron chi connectivity index (χ0n) is 12.4. The topological polar surface area (TPSA) is 38.5 Å². The number of ether oxygens (including phenoxy) is 1. The molecule has 0 atom stereocenters. The maximum Gasteiger partial charge on any atom is 0.144 e. The zero-order chi connectivity index (χ0) is 14.5. The SMILES string of the molecule is CCCOc1cccc(N(C)c2ccccc2C)c1N. The van der Waals surface area contributed by atoms with Gasteiger partial charge in [0.05, 0.1) is 18.0 Å². The molecule has 0 amide bonds. The Labute approximate surface area is 121 Å². The molecule has 3 nitrogen and oxygen atoms in total. The van der Waals surface area contributed by atoms with Crippen molar-refractivity contribution in [3.8, 4) is 5.75 Å². The molecule has 0 radical (unpaired) electrons. The largest absolute Gasteiger partial charge is 0.491 e. The number of para-hydroxylation sites is 2. The summed E-state index contributed by atoms with van der Waals surface area (Å²) in [5.74, 6) is 0.754. The van der Waals surface area contributed by atoms with Gasteiger partial charge < -0.3 is 15.4 Å². The number of nitrogens with zero attached hydrogens (tertiary/aromatic N) is 1. The number of nitrogens with two attached hydrogens (primary N) is 1. The Hall–Kier alpha value is -2.16. The van der Waals surface area contributed by atoms with Crippen molar-refractivity contribution in [1.82, 2.24) is 0 Å². The van der Waals surface area contributed by atoms with Gasteiger partial charge in [0.1, 0.15) is 5.75 Å². The molecule has 0 aliphatic heterocycles. The summed E-state index contributed by atoms with van der Waals surface area (Å²) in [4.78, 5) is 2.10. The molecule has 3 heteroatoms. The fourth-order valence-electron chi connectivity index (χ4n) is 2.23.